The summed E-state index contributed by atoms with van der Waals surface area (Å²) in [6, 6.07) is 3.07. The van der Waals surface area contributed by atoms with Gasteiger partial charge in [-0.05, 0) is 18.6 Å². The first-order valence-electron chi connectivity index (χ1n) is 6.40. The van der Waals surface area contributed by atoms with Crippen LogP contribution in [0.25, 0.3) is 0 Å². The summed E-state index contributed by atoms with van der Waals surface area (Å²) in [6.07, 6.45) is 2.21. The third-order valence-electron chi connectivity index (χ3n) is 3.25. The molecule has 2 heterocycles. The maximum atomic E-state index is 12.4. The summed E-state index contributed by atoms with van der Waals surface area (Å²) in [7, 11) is 1.79. The van der Waals surface area contributed by atoms with Crippen LogP contribution in [0.5, 0.6) is 0 Å². The zero-order valence-corrected chi connectivity index (χ0v) is 11.1. The third kappa shape index (κ3) is 2.67. The van der Waals surface area contributed by atoms with Gasteiger partial charge in [0.15, 0.2) is 0 Å². The van der Waals surface area contributed by atoms with Crippen molar-refractivity contribution in [3.05, 3.63) is 24.0 Å². The van der Waals surface area contributed by atoms with Crippen molar-refractivity contribution in [2.24, 2.45) is 0 Å². The van der Waals surface area contributed by atoms with Crippen molar-refractivity contribution in [1.82, 2.24) is 15.2 Å². The highest BCUT2D eigenvalue weighted by molar-refractivity contribution is 5.97. The fourth-order valence-corrected chi connectivity index (χ4v) is 2.18. The maximum Gasteiger partial charge on any atom is 0.273 e. The van der Waals surface area contributed by atoms with Gasteiger partial charge >= 0.3 is 0 Å². The summed E-state index contributed by atoms with van der Waals surface area (Å²) in [5, 5.41) is 5.72. The zero-order valence-electron chi connectivity index (χ0n) is 11.1. The van der Waals surface area contributed by atoms with E-state index in [1.165, 1.54) is 0 Å². The van der Waals surface area contributed by atoms with Gasteiger partial charge in [0.2, 0.25) is 5.91 Å². The second kappa shape index (κ2) is 5.69. The van der Waals surface area contributed by atoms with E-state index < -0.39 is 6.04 Å². The predicted molar refractivity (Wildman–Crippen MR) is 71.9 cm³/mol. The minimum atomic E-state index is -0.396. The Balaban J connectivity index is 2.19. The standard InChI is InChI=1S/C13H18N4O2/c1-3-11-12(18)15-6-7-17(11)13(19)10-5-4-9(14-2)8-16-10/h4-5,8,11,14H,3,6-7H2,1-2H3,(H,15,18). The lowest BCUT2D eigenvalue weighted by atomic mass is 10.1. The molecule has 1 aromatic heterocycles. The van der Waals surface area contributed by atoms with Crippen molar-refractivity contribution >= 4 is 17.5 Å². The SMILES string of the molecule is CCC1C(=O)NCCN1C(=O)c1ccc(NC)cn1. The van der Waals surface area contributed by atoms with Crippen LogP contribution >= 0.6 is 0 Å². The molecule has 19 heavy (non-hydrogen) atoms. The molecular formula is C13H18N4O2. The van der Waals surface area contributed by atoms with E-state index in [1.807, 2.05) is 6.92 Å². The lowest BCUT2D eigenvalue weighted by molar-refractivity contribution is -0.127. The minimum Gasteiger partial charge on any atom is -0.387 e. The van der Waals surface area contributed by atoms with Crippen molar-refractivity contribution in [2.45, 2.75) is 19.4 Å². The first kappa shape index (κ1) is 13.3. The minimum absolute atomic E-state index is 0.0889. The van der Waals surface area contributed by atoms with Crippen molar-refractivity contribution in [3.8, 4) is 0 Å². The number of carbonyl (C=O) groups excluding carboxylic acids is 2. The van der Waals surface area contributed by atoms with E-state index in [4.69, 9.17) is 0 Å². The van der Waals surface area contributed by atoms with E-state index in [0.717, 1.165) is 5.69 Å². The van der Waals surface area contributed by atoms with Crippen LogP contribution in [0.4, 0.5) is 5.69 Å². The molecule has 2 rings (SSSR count). The summed E-state index contributed by atoms with van der Waals surface area (Å²) >= 11 is 0. The van der Waals surface area contributed by atoms with Crippen LogP contribution in [0, 0.1) is 0 Å². The number of hydrogen-bond acceptors (Lipinski definition) is 4. The highest BCUT2D eigenvalue weighted by atomic mass is 16.2. The number of amides is 2. The van der Waals surface area contributed by atoms with Crippen LogP contribution in [-0.2, 0) is 4.79 Å². The van der Waals surface area contributed by atoms with Crippen LogP contribution < -0.4 is 10.6 Å². The maximum absolute atomic E-state index is 12.4. The molecule has 102 valence electrons. The molecule has 2 amide bonds. The molecule has 1 unspecified atom stereocenters. The van der Waals surface area contributed by atoms with Gasteiger partial charge in [0.05, 0.1) is 11.9 Å². The van der Waals surface area contributed by atoms with Gasteiger partial charge in [-0.1, -0.05) is 6.92 Å². The Morgan fingerprint density at radius 2 is 2.37 bits per heavy atom. The van der Waals surface area contributed by atoms with Crippen LogP contribution in [0.15, 0.2) is 18.3 Å². The molecule has 1 atom stereocenters. The molecule has 1 aliphatic heterocycles. The average molecular weight is 262 g/mol. The number of piperazine rings is 1. The lowest BCUT2D eigenvalue weighted by Crippen LogP contribution is -2.57. The van der Waals surface area contributed by atoms with Gasteiger partial charge in [-0.3, -0.25) is 9.59 Å². The topological polar surface area (TPSA) is 74.3 Å². The summed E-state index contributed by atoms with van der Waals surface area (Å²) in [5.41, 5.74) is 1.21. The molecule has 0 bridgehead atoms. The van der Waals surface area contributed by atoms with E-state index in [0.29, 0.717) is 25.2 Å². The van der Waals surface area contributed by atoms with Crippen molar-refractivity contribution in [3.63, 3.8) is 0 Å². The number of nitrogens with one attached hydrogen (secondary N) is 2. The van der Waals surface area contributed by atoms with Crippen molar-refractivity contribution in [1.29, 1.82) is 0 Å². The monoisotopic (exact) mass is 262 g/mol. The molecule has 6 nitrogen and oxygen atoms in total. The fourth-order valence-electron chi connectivity index (χ4n) is 2.18. The van der Waals surface area contributed by atoms with Gasteiger partial charge in [-0.25, -0.2) is 4.98 Å². The smallest absolute Gasteiger partial charge is 0.273 e. The molecule has 1 aliphatic rings. The van der Waals surface area contributed by atoms with E-state index in [-0.39, 0.29) is 11.8 Å². The van der Waals surface area contributed by atoms with E-state index in [2.05, 4.69) is 15.6 Å². The summed E-state index contributed by atoms with van der Waals surface area (Å²) in [6.45, 7) is 2.92. The second-order valence-corrected chi connectivity index (χ2v) is 4.40. The Labute approximate surface area is 112 Å². The van der Waals surface area contributed by atoms with Gasteiger partial charge in [0, 0.05) is 20.1 Å². The zero-order chi connectivity index (χ0) is 13.8. The third-order valence-corrected chi connectivity index (χ3v) is 3.25. The number of aromatic nitrogens is 1. The molecule has 1 saturated heterocycles. The largest absolute Gasteiger partial charge is 0.387 e. The first-order chi connectivity index (χ1) is 9.17. The highest BCUT2D eigenvalue weighted by Gasteiger charge is 2.32. The molecule has 0 radical (unpaired) electrons. The Hall–Kier alpha value is -2.11. The van der Waals surface area contributed by atoms with E-state index >= 15 is 0 Å². The van der Waals surface area contributed by atoms with Gasteiger partial charge < -0.3 is 15.5 Å². The number of hydrogen-bond donors (Lipinski definition) is 2. The molecular weight excluding hydrogens is 244 g/mol. The normalized spacial score (nSPS) is 18.9. The molecule has 0 aliphatic carbocycles. The highest BCUT2D eigenvalue weighted by Crippen LogP contribution is 2.13. The van der Waals surface area contributed by atoms with Crippen molar-refractivity contribution in [2.75, 3.05) is 25.5 Å². The number of pyridine rings is 1. The average Bonchev–Trinajstić information content (AvgIpc) is 2.46. The summed E-state index contributed by atoms with van der Waals surface area (Å²) in [5.74, 6) is -0.279. The molecule has 0 aromatic carbocycles. The Bertz CT molecular complexity index is 472. The van der Waals surface area contributed by atoms with Crippen LogP contribution in [0.2, 0.25) is 0 Å². The summed E-state index contributed by atoms with van der Waals surface area (Å²) < 4.78 is 0. The molecule has 1 fully saturated rings. The Kier molecular flexibility index (Phi) is 3.99. The van der Waals surface area contributed by atoms with Gasteiger partial charge in [-0.2, -0.15) is 0 Å². The molecule has 0 saturated carbocycles. The van der Waals surface area contributed by atoms with E-state index in [9.17, 15) is 9.59 Å². The van der Waals surface area contributed by atoms with Crippen LogP contribution in [0.1, 0.15) is 23.8 Å². The molecule has 0 spiro atoms. The first-order valence-corrected chi connectivity index (χ1v) is 6.40. The van der Waals surface area contributed by atoms with Crippen LogP contribution in [-0.4, -0.2) is 47.9 Å². The summed E-state index contributed by atoms with van der Waals surface area (Å²) in [4.78, 5) is 29.8. The van der Waals surface area contributed by atoms with E-state index in [1.54, 1.807) is 30.3 Å². The molecule has 2 N–H and O–H groups in total. The predicted octanol–water partition coefficient (Wildman–Crippen LogP) is 0.474. The number of nitrogens with zero attached hydrogens (tertiary/aromatic N) is 2. The van der Waals surface area contributed by atoms with Gasteiger partial charge in [0.25, 0.3) is 5.91 Å². The fraction of sp³-hybridized carbons (Fsp3) is 0.462. The van der Waals surface area contributed by atoms with Crippen LogP contribution in [0.3, 0.4) is 0 Å². The number of anilines is 1. The molecule has 1 aromatic rings. The molecule has 6 heteroatoms. The second-order valence-electron chi connectivity index (χ2n) is 4.40. The Morgan fingerprint density at radius 1 is 1.58 bits per heavy atom. The quantitative estimate of drug-likeness (QED) is 0.830. The number of carbonyl (C=O) groups is 2. The van der Waals surface area contributed by atoms with Gasteiger partial charge in [0.1, 0.15) is 11.7 Å². The Morgan fingerprint density at radius 3 is 2.95 bits per heavy atom. The lowest BCUT2D eigenvalue weighted by Gasteiger charge is -2.34. The van der Waals surface area contributed by atoms with Crippen molar-refractivity contribution < 1.29 is 9.59 Å². The van der Waals surface area contributed by atoms with Gasteiger partial charge in [-0.15, -0.1) is 0 Å². The number of rotatable bonds is 3.